The van der Waals surface area contributed by atoms with Crippen LogP contribution < -0.4 is 10.6 Å². The van der Waals surface area contributed by atoms with E-state index in [0.717, 1.165) is 35.7 Å². The van der Waals surface area contributed by atoms with Gasteiger partial charge in [-0.15, -0.1) is 11.3 Å². The maximum absolute atomic E-state index is 4.29. The Morgan fingerprint density at radius 1 is 1.31 bits per heavy atom. The zero-order valence-electron chi connectivity index (χ0n) is 9.58. The molecule has 0 aromatic carbocycles. The van der Waals surface area contributed by atoms with Gasteiger partial charge in [0.05, 0.1) is 10.2 Å². The molecular weight excluding hydrogens is 220 g/mol. The Balaban J connectivity index is 2.11. The quantitative estimate of drug-likeness (QED) is 0.780. The third-order valence-electron chi connectivity index (χ3n) is 2.38. The van der Waals surface area contributed by atoms with Crippen molar-refractivity contribution in [2.75, 3.05) is 25.0 Å². The molecule has 0 spiro atoms. The van der Waals surface area contributed by atoms with Gasteiger partial charge in [0.1, 0.15) is 12.1 Å². The number of anilines is 1. The van der Waals surface area contributed by atoms with Crippen molar-refractivity contribution in [2.24, 2.45) is 0 Å². The molecule has 5 heteroatoms. The molecule has 0 bridgehead atoms. The van der Waals surface area contributed by atoms with Crippen molar-refractivity contribution in [2.45, 2.75) is 13.8 Å². The number of fused-ring (bicyclic) bond motifs is 1. The molecular formula is C11H16N4S. The van der Waals surface area contributed by atoms with Gasteiger partial charge in [-0.05, 0) is 24.4 Å². The topological polar surface area (TPSA) is 49.8 Å². The Kier molecular flexibility index (Phi) is 3.69. The van der Waals surface area contributed by atoms with Crippen molar-refractivity contribution in [1.29, 1.82) is 0 Å². The fourth-order valence-electron chi connectivity index (χ4n) is 1.54. The maximum Gasteiger partial charge on any atom is 0.147 e. The van der Waals surface area contributed by atoms with Crippen molar-refractivity contribution in [3.8, 4) is 0 Å². The van der Waals surface area contributed by atoms with Gasteiger partial charge in [0.15, 0.2) is 0 Å². The highest BCUT2D eigenvalue weighted by atomic mass is 32.1. The number of hydrogen-bond donors (Lipinski definition) is 2. The van der Waals surface area contributed by atoms with Gasteiger partial charge >= 0.3 is 0 Å². The second-order valence-corrected chi connectivity index (χ2v) is 4.48. The molecule has 0 saturated carbocycles. The first-order valence-electron chi connectivity index (χ1n) is 5.46. The highest BCUT2D eigenvalue weighted by molar-refractivity contribution is 7.18. The molecule has 2 aromatic heterocycles. The predicted octanol–water partition coefficient (Wildman–Crippen LogP) is 2.02. The number of aryl methyl sites for hydroxylation is 1. The average Bonchev–Trinajstić information content (AvgIpc) is 2.68. The molecule has 2 heterocycles. The van der Waals surface area contributed by atoms with Gasteiger partial charge in [-0.1, -0.05) is 6.92 Å². The first kappa shape index (κ1) is 11.3. The van der Waals surface area contributed by atoms with Crippen molar-refractivity contribution >= 4 is 27.4 Å². The first-order valence-corrected chi connectivity index (χ1v) is 6.34. The van der Waals surface area contributed by atoms with Crippen molar-refractivity contribution < 1.29 is 0 Å². The number of thiophene rings is 1. The third kappa shape index (κ3) is 2.31. The van der Waals surface area contributed by atoms with Crippen LogP contribution in [0, 0.1) is 6.92 Å². The normalized spacial score (nSPS) is 10.9. The van der Waals surface area contributed by atoms with Crippen LogP contribution in [0.2, 0.25) is 0 Å². The Morgan fingerprint density at radius 2 is 2.19 bits per heavy atom. The van der Waals surface area contributed by atoms with Crippen molar-refractivity contribution in [3.05, 3.63) is 17.3 Å². The molecule has 0 unspecified atom stereocenters. The Bertz CT molecular complexity index is 466. The summed E-state index contributed by atoms with van der Waals surface area (Å²) >= 11 is 1.70. The largest absolute Gasteiger partial charge is 0.368 e. The monoisotopic (exact) mass is 236 g/mol. The maximum atomic E-state index is 4.29. The van der Waals surface area contributed by atoms with Crippen LogP contribution in [0.1, 0.15) is 12.5 Å². The molecule has 16 heavy (non-hydrogen) atoms. The van der Waals surface area contributed by atoms with Gasteiger partial charge in [0.2, 0.25) is 0 Å². The summed E-state index contributed by atoms with van der Waals surface area (Å²) in [5.74, 6) is 0.945. The lowest BCUT2D eigenvalue weighted by Gasteiger charge is -2.06. The van der Waals surface area contributed by atoms with Gasteiger partial charge in [-0.2, -0.15) is 0 Å². The summed E-state index contributed by atoms with van der Waals surface area (Å²) in [6, 6.07) is 0. The van der Waals surface area contributed by atoms with Crippen LogP contribution in [-0.4, -0.2) is 29.6 Å². The lowest BCUT2D eigenvalue weighted by molar-refractivity contribution is 0.738. The van der Waals surface area contributed by atoms with Crippen molar-refractivity contribution in [3.63, 3.8) is 0 Å². The number of hydrogen-bond acceptors (Lipinski definition) is 5. The van der Waals surface area contributed by atoms with Crippen molar-refractivity contribution in [1.82, 2.24) is 15.3 Å². The molecule has 0 aliphatic heterocycles. The number of likely N-dealkylation sites (N-methyl/N-ethyl adjacent to an activating group) is 1. The van der Waals surface area contributed by atoms with E-state index >= 15 is 0 Å². The average molecular weight is 236 g/mol. The molecule has 0 radical (unpaired) electrons. The summed E-state index contributed by atoms with van der Waals surface area (Å²) in [5.41, 5.74) is 2.28. The second-order valence-electron chi connectivity index (χ2n) is 3.60. The standard InChI is InChI=1S/C11H16N4S/c1-3-12-4-5-13-11-10-9(14-7-15-11)8(2)6-16-10/h6-7,12H,3-5H2,1-2H3,(H,13,14,15). The minimum absolute atomic E-state index is 0.886. The van der Waals surface area contributed by atoms with E-state index in [1.807, 2.05) is 0 Å². The molecule has 0 atom stereocenters. The van der Waals surface area contributed by atoms with Crippen LogP contribution in [-0.2, 0) is 0 Å². The van der Waals surface area contributed by atoms with Gasteiger partial charge in [0, 0.05) is 13.1 Å². The molecule has 2 N–H and O–H groups in total. The van der Waals surface area contributed by atoms with E-state index in [0.29, 0.717) is 0 Å². The minimum Gasteiger partial charge on any atom is -0.368 e. The van der Waals surface area contributed by atoms with Gasteiger partial charge in [-0.3, -0.25) is 0 Å². The van der Waals surface area contributed by atoms with Crippen LogP contribution in [0.3, 0.4) is 0 Å². The van der Waals surface area contributed by atoms with Crippen LogP contribution in [0.4, 0.5) is 5.82 Å². The zero-order valence-corrected chi connectivity index (χ0v) is 10.4. The summed E-state index contributed by atoms with van der Waals surface area (Å²) in [6.45, 7) is 7.02. The number of nitrogens with one attached hydrogen (secondary N) is 2. The molecule has 86 valence electrons. The van der Waals surface area contributed by atoms with Gasteiger partial charge < -0.3 is 10.6 Å². The Hall–Kier alpha value is -1.20. The number of nitrogens with zero attached hydrogens (tertiary/aromatic N) is 2. The fourth-order valence-corrected chi connectivity index (χ4v) is 2.51. The summed E-state index contributed by atoms with van der Waals surface area (Å²) in [6.07, 6.45) is 1.62. The van der Waals surface area contributed by atoms with E-state index in [4.69, 9.17) is 0 Å². The van der Waals surface area contributed by atoms with E-state index < -0.39 is 0 Å². The lowest BCUT2D eigenvalue weighted by atomic mass is 10.3. The molecule has 0 aliphatic carbocycles. The molecule has 2 aromatic rings. The minimum atomic E-state index is 0.886. The van der Waals surface area contributed by atoms with Crippen LogP contribution in [0.5, 0.6) is 0 Å². The SMILES string of the molecule is CCNCCNc1ncnc2c(C)csc12. The first-order chi connectivity index (χ1) is 7.83. The number of aromatic nitrogens is 2. The summed E-state index contributed by atoms with van der Waals surface area (Å²) in [7, 11) is 0. The highest BCUT2D eigenvalue weighted by Gasteiger charge is 2.06. The van der Waals surface area contributed by atoms with Crippen LogP contribution in [0.15, 0.2) is 11.7 Å². The molecule has 0 aliphatic rings. The predicted molar refractivity (Wildman–Crippen MR) is 69.2 cm³/mol. The van der Waals surface area contributed by atoms with E-state index in [9.17, 15) is 0 Å². The molecule has 4 nitrogen and oxygen atoms in total. The van der Waals surface area contributed by atoms with Gasteiger partial charge in [-0.25, -0.2) is 9.97 Å². The lowest BCUT2D eigenvalue weighted by Crippen LogP contribution is -2.21. The molecule has 2 rings (SSSR count). The highest BCUT2D eigenvalue weighted by Crippen LogP contribution is 2.28. The third-order valence-corrected chi connectivity index (χ3v) is 3.47. The molecule has 0 saturated heterocycles. The van der Waals surface area contributed by atoms with E-state index in [1.165, 1.54) is 5.56 Å². The summed E-state index contributed by atoms with van der Waals surface area (Å²) in [4.78, 5) is 8.57. The second kappa shape index (κ2) is 5.23. The summed E-state index contributed by atoms with van der Waals surface area (Å²) < 4.78 is 1.15. The van der Waals surface area contributed by atoms with Crippen LogP contribution >= 0.6 is 11.3 Å². The smallest absolute Gasteiger partial charge is 0.147 e. The summed E-state index contributed by atoms with van der Waals surface area (Å²) in [5, 5.41) is 8.72. The Morgan fingerprint density at radius 3 is 3.00 bits per heavy atom. The molecule has 0 amide bonds. The molecule has 0 fully saturated rings. The van der Waals surface area contributed by atoms with E-state index in [-0.39, 0.29) is 0 Å². The van der Waals surface area contributed by atoms with E-state index in [2.05, 4.69) is 39.8 Å². The van der Waals surface area contributed by atoms with Gasteiger partial charge in [0.25, 0.3) is 0 Å². The zero-order chi connectivity index (χ0) is 11.4. The Labute approximate surface area is 99.1 Å². The fraction of sp³-hybridized carbons (Fsp3) is 0.455. The van der Waals surface area contributed by atoms with Crippen LogP contribution in [0.25, 0.3) is 10.2 Å². The van der Waals surface area contributed by atoms with E-state index in [1.54, 1.807) is 17.7 Å². The number of rotatable bonds is 5.